The molecule has 0 atom stereocenters. The van der Waals surface area contributed by atoms with E-state index < -0.39 is 5.91 Å². The summed E-state index contributed by atoms with van der Waals surface area (Å²) in [5, 5.41) is 14.6. The van der Waals surface area contributed by atoms with E-state index in [4.69, 9.17) is 9.47 Å². The summed E-state index contributed by atoms with van der Waals surface area (Å²) < 4.78 is 12.8. The molecule has 31 heavy (non-hydrogen) atoms. The first-order valence-corrected chi connectivity index (χ1v) is 9.90. The monoisotopic (exact) mass is 409 g/mol. The van der Waals surface area contributed by atoms with Gasteiger partial charge in [-0.05, 0) is 47.5 Å². The third-order valence-corrected chi connectivity index (χ3v) is 5.50. The molecular formula is C25H19N3O3. The molecule has 0 saturated carbocycles. The van der Waals surface area contributed by atoms with E-state index in [1.165, 1.54) is 0 Å². The van der Waals surface area contributed by atoms with Crippen LogP contribution in [0.25, 0.3) is 27.9 Å². The number of para-hydroxylation sites is 1. The van der Waals surface area contributed by atoms with Gasteiger partial charge in [0.05, 0.1) is 0 Å². The standard InChI is InChI=1S/C25H19N3O3/c1-28-21-5-3-2-4-19(21)20-11-16(6-8-22(20)28)10-18(13-26)25(29)27-14-17-7-9-23-24(12-17)31-15-30-23/h2-12H,14-15H2,1H3,(H,27,29)/b18-10-. The molecule has 5 rings (SSSR count). The van der Waals surface area contributed by atoms with Gasteiger partial charge < -0.3 is 19.4 Å². The van der Waals surface area contributed by atoms with Gasteiger partial charge in [-0.25, -0.2) is 0 Å². The van der Waals surface area contributed by atoms with Gasteiger partial charge in [-0.2, -0.15) is 5.26 Å². The first-order chi connectivity index (χ1) is 15.1. The lowest BCUT2D eigenvalue weighted by Crippen LogP contribution is -2.23. The van der Waals surface area contributed by atoms with Gasteiger partial charge in [0.15, 0.2) is 11.5 Å². The van der Waals surface area contributed by atoms with Gasteiger partial charge in [-0.1, -0.05) is 30.3 Å². The van der Waals surface area contributed by atoms with Crippen LogP contribution in [0.5, 0.6) is 11.5 Å². The lowest BCUT2D eigenvalue weighted by molar-refractivity contribution is -0.117. The van der Waals surface area contributed by atoms with Crippen LogP contribution >= 0.6 is 0 Å². The van der Waals surface area contributed by atoms with Crippen molar-refractivity contribution in [1.29, 1.82) is 5.26 Å². The number of hydrogen-bond acceptors (Lipinski definition) is 4. The number of aryl methyl sites for hydroxylation is 1. The zero-order valence-electron chi connectivity index (χ0n) is 16.9. The highest BCUT2D eigenvalue weighted by Gasteiger charge is 2.15. The predicted octanol–water partition coefficient (Wildman–Crippen LogP) is 4.28. The number of amides is 1. The maximum atomic E-state index is 12.6. The summed E-state index contributed by atoms with van der Waals surface area (Å²) in [5.41, 5.74) is 3.97. The molecule has 0 aliphatic carbocycles. The Morgan fingerprint density at radius 1 is 1.06 bits per heavy atom. The number of rotatable bonds is 4. The molecule has 1 aliphatic heterocycles. The van der Waals surface area contributed by atoms with Gasteiger partial charge in [0.25, 0.3) is 5.91 Å². The predicted molar refractivity (Wildman–Crippen MR) is 118 cm³/mol. The largest absolute Gasteiger partial charge is 0.454 e. The average Bonchev–Trinajstić information content (AvgIpc) is 3.38. The highest BCUT2D eigenvalue weighted by molar-refractivity contribution is 6.09. The number of nitriles is 1. The van der Waals surface area contributed by atoms with Crippen molar-refractivity contribution in [2.24, 2.45) is 7.05 Å². The van der Waals surface area contributed by atoms with Crippen LogP contribution in [-0.2, 0) is 18.4 Å². The van der Waals surface area contributed by atoms with E-state index in [-0.39, 0.29) is 18.9 Å². The van der Waals surface area contributed by atoms with Crippen molar-refractivity contribution < 1.29 is 14.3 Å². The van der Waals surface area contributed by atoms with Crippen LogP contribution in [0.4, 0.5) is 0 Å². The zero-order valence-corrected chi connectivity index (χ0v) is 16.9. The maximum Gasteiger partial charge on any atom is 0.262 e. The fraction of sp³-hybridized carbons (Fsp3) is 0.120. The summed E-state index contributed by atoms with van der Waals surface area (Å²) in [5.74, 6) is 0.931. The van der Waals surface area contributed by atoms with Crippen LogP contribution in [0.15, 0.2) is 66.2 Å². The minimum atomic E-state index is -0.418. The maximum absolute atomic E-state index is 12.6. The summed E-state index contributed by atoms with van der Waals surface area (Å²) in [6, 6.07) is 21.6. The van der Waals surface area contributed by atoms with E-state index in [1.807, 2.05) is 61.6 Å². The Morgan fingerprint density at radius 3 is 2.74 bits per heavy atom. The third-order valence-electron chi connectivity index (χ3n) is 5.50. The Morgan fingerprint density at radius 2 is 1.87 bits per heavy atom. The highest BCUT2D eigenvalue weighted by Crippen LogP contribution is 2.32. The second kappa shape index (κ2) is 7.54. The molecule has 6 nitrogen and oxygen atoms in total. The van der Waals surface area contributed by atoms with Crippen molar-refractivity contribution in [3.05, 3.63) is 77.4 Å². The minimum Gasteiger partial charge on any atom is -0.454 e. The summed E-state index contributed by atoms with van der Waals surface area (Å²) in [4.78, 5) is 12.6. The van der Waals surface area contributed by atoms with Crippen LogP contribution in [0.3, 0.4) is 0 Å². The van der Waals surface area contributed by atoms with Crippen molar-refractivity contribution in [3.8, 4) is 17.6 Å². The van der Waals surface area contributed by atoms with Crippen LogP contribution in [-0.4, -0.2) is 17.3 Å². The summed E-state index contributed by atoms with van der Waals surface area (Å²) >= 11 is 0. The first-order valence-electron chi connectivity index (χ1n) is 9.90. The summed E-state index contributed by atoms with van der Waals surface area (Å²) in [6.07, 6.45) is 1.62. The second-order valence-electron chi connectivity index (χ2n) is 7.39. The molecule has 0 unspecified atom stereocenters. The van der Waals surface area contributed by atoms with E-state index in [0.29, 0.717) is 11.5 Å². The lowest BCUT2D eigenvalue weighted by Gasteiger charge is -2.06. The van der Waals surface area contributed by atoms with Gasteiger partial charge in [0, 0.05) is 35.4 Å². The Balaban J connectivity index is 1.39. The number of carbonyl (C=O) groups excluding carboxylic acids is 1. The number of ether oxygens (including phenoxy) is 2. The van der Waals surface area contributed by atoms with E-state index in [0.717, 1.165) is 32.9 Å². The molecule has 1 aromatic heterocycles. The van der Waals surface area contributed by atoms with Gasteiger partial charge >= 0.3 is 0 Å². The first kappa shape index (κ1) is 18.8. The van der Waals surface area contributed by atoms with Crippen LogP contribution in [0.1, 0.15) is 11.1 Å². The molecule has 0 fully saturated rings. The number of nitrogens with zero attached hydrogens (tertiary/aromatic N) is 2. The molecule has 0 radical (unpaired) electrons. The van der Waals surface area contributed by atoms with Crippen LogP contribution in [0, 0.1) is 11.3 Å². The SMILES string of the molecule is Cn1c2ccccc2c2cc(/C=C(/C#N)C(=O)NCc3ccc4c(c3)OCO4)ccc21. The molecule has 0 bridgehead atoms. The van der Waals surface area contributed by atoms with Crippen molar-refractivity contribution in [2.75, 3.05) is 6.79 Å². The number of hydrogen-bond donors (Lipinski definition) is 1. The average molecular weight is 409 g/mol. The number of fused-ring (bicyclic) bond motifs is 4. The molecule has 6 heteroatoms. The Bertz CT molecular complexity index is 1410. The third kappa shape index (κ3) is 3.36. The van der Waals surface area contributed by atoms with Crippen molar-refractivity contribution in [3.63, 3.8) is 0 Å². The molecule has 2 heterocycles. The smallest absolute Gasteiger partial charge is 0.262 e. The number of nitrogens with one attached hydrogen (secondary N) is 1. The Kier molecular flexibility index (Phi) is 4.57. The van der Waals surface area contributed by atoms with Crippen molar-refractivity contribution in [2.45, 2.75) is 6.54 Å². The van der Waals surface area contributed by atoms with E-state index in [1.54, 1.807) is 6.08 Å². The number of carbonyl (C=O) groups is 1. The molecule has 0 spiro atoms. The molecule has 1 N–H and O–H groups in total. The molecule has 152 valence electrons. The van der Waals surface area contributed by atoms with Crippen LogP contribution in [0.2, 0.25) is 0 Å². The zero-order chi connectivity index (χ0) is 21.4. The van der Waals surface area contributed by atoms with Gasteiger partial charge in [0.2, 0.25) is 6.79 Å². The molecule has 3 aromatic carbocycles. The van der Waals surface area contributed by atoms with E-state index in [9.17, 15) is 10.1 Å². The molecule has 1 amide bonds. The quantitative estimate of drug-likeness (QED) is 0.403. The van der Waals surface area contributed by atoms with Crippen LogP contribution < -0.4 is 14.8 Å². The highest BCUT2D eigenvalue weighted by atomic mass is 16.7. The van der Waals surface area contributed by atoms with Crippen molar-refractivity contribution in [1.82, 2.24) is 9.88 Å². The molecule has 1 aliphatic rings. The summed E-state index contributed by atoms with van der Waals surface area (Å²) in [7, 11) is 2.03. The fourth-order valence-corrected chi connectivity index (χ4v) is 3.92. The Labute approximate surface area is 178 Å². The van der Waals surface area contributed by atoms with Gasteiger partial charge in [-0.15, -0.1) is 0 Å². The van der Waals surface area contributed by atoms with Gasteiger partial charge in [-0.3, -0.25) is 4.79 Å². The van der Waals surface area contributed by atoms with E-state index in [2.05, 4.69) is 22.0 Å². The topological polar surface area (TPSA) is 76.3 Å². The fourth-order valence-electron chi connectivity index (χ4n) is 3.92. The van der Waals surface area contributed by atoms with E-state index >= 15 is 0 Å². The van der Waals surface area contributed by atoms with Crippen molar-refractivity contribution >= 4 is 33.8 Å². The Hall–Kier alpha value is -4.24. The second-order valence-corrected chi connectivity index (χ2v) is 7.39. The molecule has 4 aromatic rings. The normalized spacial score (nSPS) is 12.8. The number of benzene rings is 3. The van der Waals surface area contributed by atoms with Gasteiger partial charge in [0.1, 0.15) is 11.6 Å². The molecule has 0 saturated heterocycles. The summed E-state index contributed by atoms with van der Waals surface area (Å²) in [6.45, 7) is 0.490. The molecular weight excluding hydrogens is 390 g/mol. The lowest BCUT2D eigenvalue weighted by atomic mass is 10.1. The number of aromatic nitrogens is 1. The minimum absolute atomic E-state index is 0.0559.